The van der Waals surface area contributed by atoms with E-state index in [9.17, 15) is 33.7 Å². The lowest BCUT2D eigenvalue weighted by atomic mass is 10.1. The van der Waals surface area contributed by atoms with Crippen LogP contribution in [-0.4, -0.2) is 109 Å². The smallest absolute Gasteiger partial charge is 0.175 e. The topological polar surface area (TPSA) is 290 Å². The lowest BCUT2D eigenvalue weighted by Crippen LogP contribution is -2.04. The maximum Gasteiger partial charge on any atom is 0.175 e. The minimum Gasteiger partial charge on any atom is -0.364 e. The summed E-state index contributed by atoms with van der Waals surface area (Å²) in [5.41, 5.74) is 9.66. The van der Waals surface area contributed by atoms with Gasteiger partial charge in [0.15, 0.2) is 49.7 Å². The highest BCUT2D eigenvalue weighted by Gasteiger charge is 2.15. The van der Waals surface area contributed by atoms with Crippen LogP contribution in [0.3, 0.4) is 0 Å². The van der Waals surface area contributed by atoms with Crippen LogP contribution in [0, 0.1) is 34.6 Å². The molecule has 0 amide bonds. The molecule has 484 valence electrons. The van der Waals surface area contributed by atoms with Crippen LogP contribution in [0.5, 0.6) is 0 Å². The quantitative estimate of drug-likeness (QED) is 0.102. The van der Waals surface area contributed by atoms with Crippen molar-refractivity contribution in [1.29, 1.82) is 0 Å². The summed E-state index contributed by atoms with van der Waals surface area (Å²) >= 11 is 26.1. The normalized spacial score (nSPS) is 11.3. The molecule has 0 saturated carbocycles. The van der Waals surface area contributed by atoms with E-state index in [-0.39, 0.29) is 9.79 Å². The number of aryl methyl sites for hydroxylation is 5. The number of nitrogens with zero attached hydrogens (tertiary/aromatic N) is 10. The third-order valence-corrected chi connectivity index (χ3v) is 20.3. The van der Waals surface area contributed by atoms with Gasteiger partial charge in [0.05, 0.1) is 115 Å². The van der Waals surface area contributed by atoms with Crippen LogP contribution < -0.4 is 10.6 Å². The van der Waals surface area contributed by atoms with Gasteiger partial charge in [0, 0.05) is 57.0 Å². The van der Waals surface area contributed by atoms with Crippen LogP contribution in [0.25, 0.3) is 45.0 Å². The predicted molar refractivity (Wildman–Crippen MR) is 371 cm³/mol. The molecule has 4 aromatic carbocycles. The molecule has 11 aromatic rings. The summed E-state index contributed by atoms with van der Waals surface area (Å²) in [7, 11) is -12.8. The van der Waals surface area contributed by atoms with Gasteiger partial charge in [0.1, 0.15) is 21.9 Å². The summed E-state index contributed by atoms with van der Waals surface area (Å²) in [5.74, 6) is 1.42. The Bertz CT molecular complexity index is 4840. The van der Waals surface area contributed by atoms with Gasteiger partial charge in [-0.2, -0.15) is 0 Å². The first kappa shape index (κ1) is 72.7. The van der Waals surface area contributed by atoms with Crippen LogP contribution in [0.1, 0.15) is 38.2 Å². The second-order valence-corrected chi connectivity index (χ2v) is 31.9. The van der Waals surface area contributed by atoms with Gasteiger partial charge in [-0.25, -0.2) is 58.6 Å². The molecule has 30 heteroatoms. The molecule has 2 N–H and O–H groups in total. The van der Waals surface area contributed by atoms with Crippen molar-refractivity contribution in [2.75, 3.05) is 35.7 Å². The molecule has 7 aromatic heterocycles. The molecule has 93 heavy (non-hydrogen) atoms. The Hall–Kier alpha value is -7.76. The Morgan fingerprint density at radius 2 is 0.710 bits per heavy atom. The van der Waals surface area contributed by atoms with Crippen LogP contribution >= 0.6 is 69.1 Å². The standard InChI is InChI=1S/2C17H17N3O2S2.2C12H11ClN2O2S.C5H4Cl2N2/c1-12-17(13-5-7-15(8-6-13)24(2,21)22)20-16(11-18-12)19-10-14-4-3-9-23-14;1-12-17(19-10-14-4-3-9-23-14)20-16(11-18-12)13-5-7-15(8-6-13)24(2,21)22;1-8-12(15-11(13)7-14-8)9-3-5-10(6-4-9)18(2,16)17;1-8-12(13)15-11(7-14-8)9-3-5-10(6-4-9)18(2,16)17;1-3-5(7)9-4(6)2-8-3/h2*3-9,11H,10H2,1-2H3,(H,19,20);2*3-7H,1-2H3;2H,1H3. The van der Waals surface area contributed by atoms with Crippen LogP contribution in [0.2, 0.25) is 20.6 Å². The number of rotatable bonds is 14. The van der Waals surface area contributed by atoms with Gasteiger partial charge in [-0.15, -0.1) is 22.7 Å². The maximum absolute atomic E-state index is 11.6. The molecular weight excluding hydrogens is 1390 g/mol. The average Bonchev–Trinajstić information content (AvgIpc) is 1.35. The van der Waals surface area contributed by atoms with Gasteiger partial charge in [-0.05, 0) is 106 Å². The van der Waals surface area contributed by atoms with E-state index in [2.05, 4.69) is 72.6 Å². The lowest BCUT2D eigenvalue weighted by molar-refractivity contribution is 0.600. The Morgan fingerprint density at radius 1 is 0.366 bits per heavy atom. The number of benzene rings is 4. The third kappa shape index (κ3) is 21.9. The first-order valence-electron chi connectivity index (χ1n) is 27.4. The van der Waals surface area contributed by atoms with E-state index in [0.717, 1.165) is 50.8 Å². The van der Waals surface area contributed by atoms with E-state index in [4.69, 9.17) is 46.4 Å². The fraction of sp³-hybridized carbons (Fsp3) is 0.175. The summed E-state index contributed by atoms with van der Waals surface area (Å²) in [6, 6.07) is 34.5. The third-order valence-electron chi connectivity index (χ3n) is 12.9. The fourth-order valence-corrected chi connectivity index (χ4v) is 12.3. The van der Waals surface area contributed by atoms with Crippen LogP contribution in [0.15, 0.2) is 183 Å². The van der Waals surface area contributed by atoms with E-state index in [1.807, 2.05) is 43.7 Å². The Kier molecular flexibility index (Phi) is 25.3. The SMILES string of the molecule is Cc1ncc(-c2ccc(S(C)(=O)=O)cc2)nc1Cl.Cc1ncc(-c2ccc(S(C)(=O)=O)cc2)nc1NCc1cccs1.Cc1ncc(Cl)nc1-c1ccc(S(C)(=O)=O)cc1.Cc1ncc(Cl)nc1Cl.Cc1ncc(NCc2cccs2)nc1-c1ccc(S(C)(=O)=O)cc1. The van der Waals surface area contributed by atoms with Crippen molar-refractivity contribution in [3.05, 3.63) is 222 Å². The molecule has 0 aliphatic heterocycles. The van der Waals surface area contributed by atoms with Gasteiger partial charge in [0.2, 0.25) is 0 Å². The van der Waals surface area contributed by atoms with Crippen molar-refractivity contribution >= 4 is 120 Å². The number of hydrogen-bond donors (Lipinski definition) is 2. The van der Waals surface area contributed by atoms with E-state index in [1.165, 1.54) is 47.2 Å². The molecule has 11 rings (SSSR count). The second kappa shape index (κ2) is 32.4. The Labute approximate surface area is 568 Å². The van der Waals surface area contributed by atoms with Gasteiger partial charge in [0.25, 0.3) is 0 Å². The molecule has 0 saturated heterocycles. The van der Waals surface area contributed by atoms with Crippen molar-refractivity contribution in [1.82, 2.24) is 49.8 Å². The molecular formula is C63H60Cl4N12O8S6. The van der Waals surface area contributed by atoms with Gasteiger partial charge in [-0.3, -0.25) is 24.9 Å². The zero-order chi connectivity index (χ0) is 67.8. The van der Waals surface area contributed by atoms with Crippen molar-refractivity contribution in [2.45, 2.75) is 67.3 Å². The summed E-state index contributed by atoms with van der Waals surface area (Å²) in [6.07, 6.45) is 12.7. The number of hydrogen-bond acceptors (Lipinski definition) is 22. The fourth-order valence-electron chi connectivity index (χ4n) is 7.88. The van der Waals surface area contributed by atoms with Crippen molar-refractivity contribution in [3.8, 4) is 45.0 Å². The Balaban J connectivity index is 0.000000169. The van der Waals surface area contributed by atoms with Crippen molar-refractivity contribution in [2.24, 2.45) is 0 Å². The minimum atomic E-state index is -3.20. The number of anilines is 2. The average molecular weight is 1450 g/mol. The number of sulfone groups is 4. The predicted octanol–water partition coefficient (Wildman–Crippen LogP) is 14.2. The number of aromatic nitrogens is 10. The molecule has 0 aliphatic carbocycles. The van der Waals surface area contributed by atoms with Gasteiger partial charge >= 0.3 is 0 Å². The summed E-state index contributed by atoms with van der Waals surface area (Å²) in [4.78, 5) is 45.8. The molecule has 0 atom stereocenters. The largest absolute Gasteiger partial charge is 0.364 e. The molecule has 0 bridgehead atoms. The molecule has 0 aliphatic rings. The monoisotopic (exact) mass is 1440 g/mol. The highest BCUT2D eigenvalue weighted by molar-refractivity contribution is 7.91. The molecule has 0 unspecified atom stereocenters. The second-order valence-electron chi connectivity index (χ2n) is 20.3. The molecule has 0 fully saturated rings. The first-order valence-corrected chi connectivity index (χ1v) is 38.2. The number of nitrogens with one attached hydrogen (secondary N) is 2. The van der Waals surface area contributed by atoms with E-state index in [0.29, 0.717) is 77.8 Å². The van der Waals surface area contributed by atoms with Gasteiger partial charge in [-0.1, -0.05) is 107 Å². The summed E-state index contributed by atoms with van der Waals surface area (Å²) in [6.45, 7) is 10.5. The number of thiophene rings is 2. The van der Waals surface area contributed by atoms with Crippen LogP contribution in [-0.2, 0) is 52.4 Å². The molecule has 0 spiro atoms. The van der Waals surface area contributed by atoms with Gasteiger partial charge < -0.3 is 10.6 Å². The first-order chi connectivity index (χ1) is 43.8. The minimum absolute atomic E-state index is 0.275. The van der Waals surface area contributed by atoms with Crippen LogP contribution in [0.4, 0.5) is 11.6 Å². The van der Waals surface area contributed by atoms with E-state index >= 15 is 0 Å². The lowest BCUT2D eigenvalue weighted by Gasteiger charge is -2.09. The molecule has 0 radical (unpaired) electrons. The Morgan fingerprint density at radius 3 is 1.10 bits per heavy atom. The summed E-state index contributed by atoms with van der Waals surface area (Å²) in [5, 5.41) is 12.0. The number of halogens is 4. The summed E-state index contributed by atoms with van der Waals surface area (Å²) < 4.78 is 91.6. The highest BCUT2D eigenvalue weighted by atomic mass is 35.5. The highest BCUT2D eigenvalue weighted by Crippen LogP contribution is 2.28. The zero-order valence-corrected chi connectivity index (χ0v) is 59.1. The molecule has 7 heterocycles. The van der Waals surface area contributed by atoms with E-state index < -0.39 is 39.3 Å². The van der Waals surface area contributed by atoms with Crippen molar-refractivity contribution < 1.29 is 33.7 Å². The van der Waals surface area contributed by atoms with E-state index in [1.54, 1.807) is 152 Å². The molecule has 20 nitrogen and oxygen atoms in total. The zero-order valence-electron chi connectivity index (χ0n) is 51.2. The van der Waals surface area contributed by atoms with Crippen molar-refractivity contribution in [3.63, 3.8) is 0 Å². The maximum atomic E-state index is 11.6.